The van der Waals surface area contributed by atoms with Crippen molar-refractivity contribution in [3.05, 3.63) is 69.7 Å². The molecule has 0 aliphatic carbocycles. The first-order valence-corrected chi connectivity index (χ1v) is 10.1. The van der Waals surface area contributed by atoms with Gasteiger partial charge >= 0.3 is 0 Å². The van der Waals surface area contributed by atoms with E-state index in [-0.39, 0.29) is 0 Å². The van der Waals surface area contributed by atoms with Crippen LogP contribution in [0, 0.1) is 0 Å². The monoisotopic (exact) mass is 377 g/mol. The minimum atomic E-state index is 0.372. The van der Waals surface area contributed by atoms with Gasteiger partial charge in [0.15, 0.2) is 0 Å². The molecule has 0 aliphatic rings. The molecule has 0 aliphatic heterocycles. The molecule has 2 rings (SSSR count). The molecular formula is C22H29Cl2N. The normalized spacial score (nSPS) is 12.5. The predicted molar refractivity (Wildman–Crippen MR) is 111 cm³/mol. The highest BCUT2D eigenvalue weighted by molar-refractivity contribution is 6.30. The van der Waals surface area contributed by atoms with Gasteiger partial charge in [0.2, 0.25) is 0 Å². The number of unbranched alkanes of at least 4 members (excludes halogenated alkanes) is 2. The van der Waals surface area contributed by atoms with Crippen LogP contribution in [-0.2, 0) is 6.42 Å². The lowest BCUT2D eigenvalue weighted by Gasteiger charge is -2.32. The van der Waals surface area contributed by atoms with Crippen LogP contribution in [0.5, 0.6) is 0 Å². The van der Waals surface area contributed by atoms with E-state index in [9.17, 15) is 0 Å². The maximum Gasteiger partial charge on any atom is 0.0406 e. The van der Waals surface area contributed by atoms with E-state index in [1.807, 2.05) is 24.3 Å². The SMILES string of the molecule is CCCCN(CCCC)C(Cc1ccc(Cl)cc1)c1ccc(Cl)cc1. The fraction of sp³-hybridized carbons (Fsp3) is 0.455. The third-order valence-electron chi connectivity index (χ3n) is 4.64. The van der Waals surface area contributed by atoms with Gasteiger partial charge in [-0.2, -0.15) is 0 Å². The largest absolute Gasteiger partial charge is 0.296 e. The lowest BCUT2D eigenvalue weighted by atomic mass is 9.96. The Bertz CT molecular complexity index is 599. The average Bonchev–Trinajstić information content (AvgIpc) is 2.63. The molecule has 0 heterocycles. The topological polar surface area (TPSA) is 3.24 Å². The third-order valence-corrected chi connectivity index (χ3v) is 5.14. The van der Waals surface area contributed by atoms with Crippen molar-refractivity contribution >= 4 is 23.2 Å². The van der Waals surface area contributed by atoms with Gasteiger partial charge in [0.05, 0.1) is 0 Å². The van der Waals surface area contributed by atoms with Crippen LogP contribution in [0.1, 0.15) is 56.7 Å². The van der Waals surface area contributed by atoms with E-state index in [1.54, 1.807) is 0 Å². The molecule has 25 heavy (non-hydrogen) atoms. The van der Waals surface area contributed by atoms with E-state index in [0.29, 0.717) is 6.04 Å². The summed E-state index contributed by atoms with van der Waals surface area (Å²) in [5, 5.41) is 1.59. The van der Waals surface area contributed by atoms with Crippen LogP contribution in [0.2, 0.25) is 10.0 Å². The van der Waals surface area contributed by atoms with E-state index in [0.717, 1.165) is 29.6 Å². The van der Waals surface area contributed by atoms with Gasteiger partial charge in [0.25, 0.3) is 0 Å². The molecule has 1 nitrogen and oxygen atoms in total. The Morgan fingerprint density at radius 3 is 1.72 bits per heavy atom. The summed E-state index contributed by atoms with van der Waals surface area (Å²) in [6.45, 7) is 6.79. The summed E-state index contributed by atoms with van der Waals surface area (Å²) < 4.78 is 0. The molecule has 0 N–H and O–H groups in total. The Morgan fingerprint density at radius 2 is 1.24 bits per heavy atom. The summed E-state index contributed by atoms with van der Waals surface area (Å²) in [5.41, 5.74) is 2.66. The van der Waals surface area contributed by atoms with Crippen molar-refractivity contribution in [3.8, 4) is 0 Å². The van der Waals surface area contributed by atoms with Gasteiger partial charge in [-0.1, -0.05) is 74.2 Å². The second-order valence-corrected chi connectivity index (χ2v) is 7.51. The molecule has 0 saturated heterocycles. The fourth-order valence-corrected chi connectivity index (χ4v) is 3.38. The molecule has 0 saturated carbocycles. The lowest BCUT2D eigenvalue weighted by Crippen LogP contribution is -2.32. The van der Waals surface area contributed by atoms with Crippen molar-refractivity contribution in [3.63, 3.8) is 0 Å². The average molecular weight is 378 g/mol. The number of hydrogen-bond donors (Lipinski definition) is 0. The van der Waals surface area contributed by atoms with E-state index >= 15 is 0 Å². The number of nitrogens with zero attached hydrogens (tertiary/aromatic N) is 1. The van der Waals surface area contributed by atoms with Crippen molar-refractivity contribution in [2.24, 2.45) is 0 Å². The molecule has 2 aromatic rings. The Kier molecular flexibility index (Phi) is 8.81. The van der Waals surface area contributed by atoms with E-state index in [4.69, 9.17) is 23.2 Å². The van der Waals surface area contributed by atoms with Crippen molar-refractivity contribution in [1.29, 1.82) is 0 Å². The third kappa shape index (κ3) is 6.66. The van der Waals surface area contributed by atoms with Crippen molar-refractivity contribution in [1.82, 2.24) is 4.90 Å². The van der Waals surface area contributed by atoms with Gasteiger partial charge in [0, 0.05) is 16.1 Å². The van der Waals surface area contributed by atoms with Crippen LogP contribution < -0.4 is 0 Å². The molecule has 1 atom stereocenters. The van der Waals surface area contributed by atoms with Crippen molar-refractivity contribution in [2.45, 2.75) is 52.0 Å². The summed E-state index contributed by atoms with van der Waals surface area (Å²) in [7, 11) is 0. The van der Waals surface area contributed by atoms with Crippen LogP contribution in [0.3, 0.4) is 0 Å². The van der Waals surface area contributed by atoms with Crippen LogP contribution in [-0.4, -0.2) is 18.0 Å². The maximum atomic E-state index is 6.11. The number of hydrogen-bond acceptors (Lipinski definition) is 1. The molecule has 0 spiro atoms. The lowest BCUT2D eigenvalue weighted by molar-refractivity contribution is 0.189. The van der Waals surface area contributed by atoms with E-state index < -0.39 is 0 Å². The maximum absolute atomic E-state index is 6.11. The molecule has 0 fully saturated rings. The van der Waals surface area contributed by atoms with Crippen LogP contribution >= 0.6 is 23.2 Å². The molecule has 0 bridgehead atoms. The van der Waals surface area contributed by atoms with Gasteiger partial charge in [-0.25, -0.2) is 0 Å². The Balaban J connectivity index is 2.27. The van der Waals surface area contributed by atoms with Gasteiger partial charge in [-0.15, -0.1) is 0 Å². The zero-order valence-corrected chi connectivity index (χ0v) is 16.9. The first kappa shape index (κ1) is 20.3. The first-order valence-electron chi connectivity index (χ1n) is 9.38. The minimum absolute atomic E-state index is 0.372. The summed E-state index contributed by atoms with van der Waals surface area (Å²) in [4.78, 5) is 2.64. The number of halogens is 2. The summed E-state index contributed by atoms with van der Waals surface area (Å²) >= 11 is 12.2. The molecule has 0 radical (unpaired) electrons. The summed E-state index contributed by atoms with van der Waals surface area (Å²) in [5.74, 6) is 0. The molecule has 2 aromatic carbocycles. The van der Waals surface area contributed by atoms with E-state index in [1.165, 1.54) is 36.8 Å². The van der Waals surface area contributed by atoms with Crippen molar-refractivity contribution < 1.29 is 0 Å². The van der Waals surface area contributed by atoms with Gasteiger partial charge in [-0.05, 0) is 67.7 Å². The number of rotatable bonds is 10. The second kappa shape index (κ2) is 10.9. The van der Waals surface area contributed by atoms with Gasteiger partial charge in [0.1, 0.15) is 0 Å². The smallest absolute Gasteiger partial charge is 0.0406 e. The highest BCUT2D eigenvalue weighted by atomic mass is 35.5. The molecule has 1 unspecified atom stereocenters. The standard InChI is InChI=1S/C22H29Cl2N/c1-3-5-15-25(16-6-4-2)22(19-9-13-21(24)14-10-19)17-18-7-11-20(23)12-8-18/h7-14,22H,3-6,15-17H2,1-2H3. The molecule has 136 valence electrons. The fourth-order valence-electron chi connectivity index (χ4n) is 3.13. The summed E-state index contributed by atoms with van der Waals surface area (Å²) in [6, 6.07) is 17.0. The van der Waals surface area contributed by atoms with Crippen LogP contribution in [0.15, 0.2) is 48.5 Å². The van der Waals surface area contributed by atoms with Gasteiger partial charge in [-0.3, -0.25) is 4.90 Å². The molecule has 3 heteroatoms. The second-order valence-electron chi connectivity index (χ2n) is 6.64. The van der Waals surface area contributed by atoms with Crippen LogP contribution in [0.4, 0.5) is 0 Å². The van der Waals surface area contributed by atoms with Crippen molar-refractivity contribution in [2.75, 3.05) is 13.1 Å². The quantitative estimate of drug-likeness (QED) is 0.423. The predicted octanol–water partition coefficient (Wildman–Crippen LogP) is 7.18. The minimum Gasteiger partial charge on any atom is -0.296 e. The number of benzene rings is 2. The van der Waals surface area contributed by atoms with Gasteiger partial charge < -0.3 is 0 Å². The Hall–Kier alpha value is -1.02. The highest BCUT2D eigenvalue weighted by Crippen LogP contribution is 2.28. The molecular weight excluding hydrogens is 349 g/mol. The first-order chi connectivity index (χ1) is 12.1. The molecule has 0 amide bonds. The summed E-state index contributed by atoms with van der Waals surface area (Å²) in [6.07, 6.45) is 5.89. The zero-order valence-electron chi connectivity index (χ0n) is 15.3. The zero-order chi connectivity index (χ0) is 18.1. The Morgan fingerprint density at radius 1 is 0.760 bits per heavy atom. The Labute approximate surface area is 163 Å². The highest BCUT2D eigenvalue weighted by Gasteiger charge is 2.20. The molecule has 0 aromatic heterocycles. The van der Waals surface area contributed by atoms with E-state index in [2.05, 4.69) is 43.0 Å². The van der Waals surface area contributed by atoms with Crippen LogP contribution in [0.25, 0.3) is 0 Å².